The minimum atomic E-state index is -0.0346. The molecular weight excluding hydrogens is 204 g/mol. The van der Waals surface area contributed by atoms with Crippen LogP contribution in [0.4, 0.5) is 0 Å². The molecule has 0 saturated carbocycles. The fourth-order valence-corrected chi connectivity index (χ4v) is 1.58. The van der Waals surface area contributed by atoms with Gasteiger partial charge in [-0.2, -0.15) is 0 Å². The summed E-state index contributed by atoms with van der Waals surface area (Å²) in [6.45, 7) is 1.87. The molecule has 1 aromatic carbocycles. The smallest absolute Gasteiger partial charge is 0.251 e. The van der Waals surface area contributed by atoms with Gasteiger partial charge in [-0.05, 0) is 30.7 Å². The summed E-state index contributed by atoms with van der Waals surface area (Å²) < 4.78 is 4.99. The number of amides is 1. The van der Waals surface area contributed by atoms with Crippen molar-refractivity contribution in [1.82, 2.24) is 5.32 Å². The van der Waals surface area contributed by atoms with E-state index in [2.05, 4.69) is 5.32 Å². The summed E-state index contributed by atoms with van der Waals surface area (Å²) >= 11 is 0. The highest BCUT2D eigenvalue weighted by Crippen LogP contribution is 2.07. The van der Waals surface area contributed by atoms with Gasteiger partial charge < -0.3 is 15.8 Å². The van der Waals surface area contributed by atoms with Gasteiger partial charge in [0.05, 0.1) is 19.3 Å². The number of carbonyl (C=O) groups is 1. The van der Waals surface area contributed by atoms with Crippen molar-refractivity contribution in [2.75, 3.05) is 19.8 Å². The number of benzene rings is 1. The number of ether oxygens (including phenoxy) is 1. The van der Waals surface area contributed by atoms with Crippen LogP contribution >= 0.6 is 0 Å². The van der Waals surface area contributed by atoms with Crippen LogP contribution in [0.3, 0.4) is 0 Å². The van der Waals surface area contributed by atoms with Crippen LogP contribution in [0.15, 0.2) is 24.3 Å². The zero-order chi connectivity index (χ0) is 11.4. The summed E-state index contributed by atoms with van der Waals surface area (Å²) in [6, 6.07) is 7.73. The molecule has 86 valence electrons. The number of nitrogens with two attached hydrogens (primary N) is 1. The SMILES string of the molecule is NCCc1ccc(C(=O)NC2COC2)cc1. The Hall–Kier alpha value is -1.39. The quantitative estimate of drug-likeness (QED) is 0.768. The first-order chi connectivity index (χ1) is 7.79. The lowest BCUT2D eigenvalue weighted by atomic mass is 10.1. The molecule has 1 fully saturated rings. The normalized spacial score (nSPS) is 15.6. The van der Waals surface area contributed by atoms with Gasteiger partial charge >= 0.3 is 0 Å². The van der Waals surface area contributed by atoms with Crippen LogP contribution in [-0.2, 0) is 11.2 Å². The monoisotopic (exact) mass is 220 g/mol. The lowest BCUT2D eigenvalue weighted by molar-refractivity contribution is -0.00346. The molecule has 0 unspecified atom stereocenters. The van der Waals surface area contributed by atoms with Crippen molar-refractivity contribution >= 4 is 5.91 Å². The standard InChI is InChI=1S/C12H16N2O2/c13-6-5-9-1-3-10(4-2-9)12(15)14-11-7-16-8-11/h1-4,11H,5-8,13H2,(H,14,15). The second-order valence-electron chi connectivity index (χ2n) is 3.94. The Morgan fingerprint density at radius 2 is 2.06 bits per heavy atom. The van der Waals surface area contributed by atoms with Gasteiger partial charge in [-0.3, -0.25) is 4.79 Å². The molecule has 1 aliphatic heterocycles. The average Bonchev–Trinajstić information content (AvgIpc) is 2.25. The van der Waals surface area contributed by atoms with Crippen molar-refractivity contribution in [1.29, 1.82) is 0 Å². The van der Waals surface area contributed by atoms with Gasteiger partial charge in [0, 0.05) is 5.56 Å². The molecule has 1 aliphatic rings. The van der Waals surface area contributed by atoms with E-state index in [9.17, 15) is 4.79 Å². The zero-order valence-electron chi connectivity index (χ0n) is 9.11. The Balaban J connectivity index is 1.94. The Kier molecular flexibility index (Phi) is 3.54. The topological polar surface area (TPSA) is 64.4 Å². The molecule has 2 rings (SSSR count). The highest BCUT2D eigenvalue weighted by Gasteiger charge is 2.20. The van der Waals surface area contributed by atoms with E-state index in [0.29, 0.717) is 25.3 Å². The van der Waals surface area contributed by atoms with Crippen molar-refractivity contribution < 1.29 is 9.53 Å². The number of hydrogen-bond acceptors (Lipinski definition) is 3. The molecule has 4 heteroatoms. The summed E-state index contributed by atoms with van der Waals surface area (Å²) in [7, 11) is 0. The average molecular weight is 220 g/mol. The predicted molar refractivity (Wildman–Crippen MR) is 61.3 cm³/mol. The van der Waals surface area contributed by atoms with Gasteiger partial charge in [-0.15, -0.1) is 0 Å². The minimum Gasteiger partial charge on any atom is -0.377 e. The van der Waals surface area contributed by atoms with E-state index < -0.39 is 0 Å². The molecule has 0 aromatic heterocycles. The third kappa shape index (κ3) is 2.59. The van der Waals surface area contributed by atoms with E-state index in [1.807, 2.05) is 24.3 Å². The van der Waals surface area contributed by atoms with Crippen LogP contribution in [0.1, 0.15) is 15.9 Å². The Morgan fingerprint density at radius 1 is 1.38 bits per heavy atom. The minimum absolute atomic E-state index is 0.0346. The molecule has 0 spiro atoms. The van der Waals surface area contributed by atoms with Crippen molar-refractivity contribution in [3.63, 3.8) is 0 Å². The lowest BCUT2D eigenvalue weighted by Crippen LogP contribution is -2.48. The number of hydrogen-bond donors (Lipinski definition) is 2. The first kappa shape index (κ1) is 11.1. The molecule has 1 heterocycles. The van der Waals surface area contributed by atoms with E-state index in [-0.39, 0.29) is 11.9 Å². The fraction of sp³-hybridized carbons (Fsp3) is 0.417. The number of rotatable bonds is 4. The summed E-state index contributed by atoms with van der Waals surface area (Å²) in [5.41, 5.74) is 7.30. The van der Waals surface area contributed by atoms with E-state index in [4.69, 9.17) is 10.5 Å². The molecule has 0 bridgehead atoms. The van der Waals surface area contributed by atoms with E-state index in [1.165, 1.54) is 0 Å². The Bertz CT molecular complexity index is 358. The molecule has 16 heavy (non-hydrogen) atoms. The summed E-state index contributed by atoms with van der Waals surface area (Å²) in [5, 5.41) is 2.90. The number of carbonyl (C=O) groups excluding carboxylic acids is 1. The molecule has 0 atom stereocenters. The van der Waals surface area contributed by atoms with Gasteiger partial charge in [0.1, 0.15) is 0 Å². The van der Waals surface area contributed by atoms with Crippen molar-refractivity contribution in [2.45, 2.75) is 12.5 Å². The molecule has 4 nitrogen and oxygen atoms in total. The molecular formula is C12H16N2O2. The highest BCUT2D eigenvalue weighted by molar-refractivity contribution is 5.94. The third-order valence-corrected chi connectivity index (χ3v) is 2.62. The maximum atomic E-state index is 11.7. The van der Waals surface area contributed by atoms with Crippen LogP contribution < -0.4 is 11.1 Å². The maximum absolute atomic E-state index is 11.7. The predicted octanol–water partition coefficient (Wildman–Crippen LogP) is 0.316. The van der Waals surface area contributed by atoms with E-state index in [0.717, 1.165) is 12.0 Å². The Morgan fingerprint density at radius 3 is 2.56 bits per heavy atom. The van der Waals surface area contributed by atoms with E-state index >= 15 is 0 Å². The van der Waals surface area contributed by atoms with Gasteiger partial charge in [-0.25, -0.2) is 0 Å². The summed E-state index contributed by atoms with van der Waals surface area (Å²) in [4.78, 5) is 11.7. The van der Waals surface area contributed by atoms with Gasteiger partial charge in [0.2, 0.25) is 0 Å². The van der Waals surface area contributed by atoms with Crippen LogP contribution in [-0.4, -0.2) is 31.7 Å². The van der Waals surface area contributed by atoms with E-state index in [1.54, 1.807) is 0 Å². The summed E-state index contributed by atoms with van der Waals surface area (Å²) in [6.07, 6.45) is 0.846. The first-order valence-corrected chi connectivity index (χ1v) is 5.47. The van der Waals surface area contributed by atoms with Gasteiger partial charge in [-0.1, -0.05) is 12.1 Å². The summed E-state index contributed by atoms with van der Waals surface area (Å²) in [5.74, 6) is -0.0346. The van der Waals surface area contributed by atoms with Gasteiger partial charge in [0.25, 0.3) is 5.91 Å². The zero-order valence-corrected chi connectivity index (χ0v) is 9.11. The molecule has 3 N–H and O–H groups in total. The van der Waals surface area contributed by atoms with Crippen molar-refractivity contribution in [3.05, 3.63) is 35.4 Å². The largest absolute Gasteiger partial charge is 0.377 e. The van der Waals surface area contributed by atoms with Crippen LogP contribution in [0.2, 0.25) is 0 Å². The van der Waals surface area contributed by atoms with Crippen LogP contribution in [0, 0.1) is 0 Å². The third-order valence-electron chi connectivity index (χ3n) is 2.62. The molecule has 1 amide bonds. The van der Waals surface area contributed by atoms with Crippen LogP contribution in [0.25, 0.3) is 0 Å². The Labute approximate surface area is 94.8 Å². The van der Waals surface area contributed by atoms with Crippen LogP contribution in [0.5, 0.6) is 0 Å². The lowest BCUT2D eigenvalue weighted by Gasteiger charge is -2.26. The van der Waals surface area contributed by atoms with Gasteiger partial charge in [0.15, 0.2) is 0 Å². The maximum Gasteiger partial charge on any atom is 0.251 e. The molecule has 1 saturated heterocycles. The number of nitrogens with one attached hydrogen (secondary N) is 1. The first-order valence-electron chi connectivity index (χ1n) is 5.47. The van der Waals surface area contributed by atoms with Crippen molar-refractivity contribution in [3.8, 4) is 0 Å². The fourth-order valence-electron chi connectivity index (χ4n) is 1.58. The second kappa shape index (κ2) is 5.09. The molecule has 0 radical (unpaired) electrons. The molecule has 0 aliphatic carbocycles. The molecule has 1 aromatic rings. The highest BCUT2D eigenvalue weighted by atomic mass is 16.5. The van der Waals surface area contributed by atoms with Crippen molar-refractivity contribution in [2.24, 2.45) is 5.73 Å². The second-order valence-corrected chi connectivity index (χ2v) is 3.94.